The zero-order valence-corrected chi connectivity index (χ0v) is 9.50. The number of allylic oxidation sites excluding steroid dienone is 1. The Balaban J connectivity index is 2.84. The van der Waals surface area contributed by atoms with Crippen molar-refractivity contribution < 1.29 is 14.4 Å². The molecule has 0 spiro atoms. The topological polar surface area (TPSA) is 75.3 Å². The van der Waals surface area contributed by atoms with Gasteiger partial charge in [-0.15, -0.1) is 0 Å². The molecule has 2 N–H and O–H groups in total. The van der Waals surface area contributed by atoms with Crippen molar-refractivity contribution in [1.29, 1.82) is 0 Å². The van der Waals surface area contributed by atoms with E-state index in [-0.39, 0.29) is 11.5 Å². The van der Waals surface area contributed by atoms with E-state index in [0.29, 0.717) is 0 Å². The second-order valence-electron chi connectivity index (χ2n) is 3.77. The van der Waals surface area contributed by atoms with Crippen LogP contribution in [0.15, 0.2) is 11.6 Å². The molecule has 0 radical (unpaired) electrons. The predicted molar refractivity (Wildman–Crippen MR) is 58.5 cm³/mol. The lowest BCUT2D eigenvalue weighted by atomic mass is 9.96. The van der Waals surface area contributed by atoms with Crippen molar-refractivity contribution in [3.63, 3.8) is 0 Å². The van der Waals surface area contributed by atoms with Crippen LogP contribution in [-0.4, -0.2) is 17.8 Å². The number of imide groups is 2. The number of rotatable bonds is 4. The lowest BCUT2D eigenvalue weighted by molar-refractivity contribution is -0.124. The van der Waals surface area contributed by atoms with E-state index in [1.165, 1.54) is 0 Å². The van der Waals surface area contributed by atoms with Crippen LogP contribution in [0.25, 0.3) is 0 Å². The van der Waals surface area contributed by atoms with E-state index in [4.69, 9.17) is 0 Å². The molecule has 0 bridgehead atoms. The summed E-state index contributed by atoms with van der Waals surface area (Å²) in [5, 5.41) is 4.11. The molecule has 88 valence electrons. The maximum absolute atomic E-state index is 11.4. The summed E-state index contributed by atoms with van der Waals surface area (Å²) in [7, 11) is 0. The normalized spacial score (nSPS) is 17.9. The molecule has 1 heterocycles. The molecule has 1 saturated heterocycles. The molecule has 1 rings (SSSR count). The summed E-state index contributed by atoms with van der Waals surface area (Å²) in [4.78, 5) is 33.6. The molecule has 1 fully saturated rings. The quantitative estimate of drug-likeness (QED) is 0.554. The number of hydrogen-bond acceptors (Lipinski definition) is 3. The molecule has 0 saturated carbocycles. The third kappa shape index (κ3) is 2.92. The van der Waals surface area contributed by atoms with Gasteiger partial charge in [0, 0.05) is 0 Å². The average Bonchev–Trinajstić information content (AvgIpc) is 2.21. The minimum atomic E-state index is -0.754. The summed E-state index contributed by atoms with van der Waals surface area (Å²) in [5.74, 6) is -1.02. The lowest BCUT2D eigenvalue weighted by Crippen LogP contribution is -2.51. The van der Waals surface area contributed by atoms with E-state index in [9.17, 15) is 14.4 Å². The summed E-state index contributed by atoms with van der Waals surface area (Å²) in [5.41, 5.74) is 0.0416. The highest BCUT2D eigenvalue weighted by atomic mass is 16.2. The Hall–Kier alpha value is -1.65. The summed E-state index contributed by atoms with van der Waals surface area (Å²) in [6.45, 7) is 4.05. The van der Waals surface area contributed by atoms with E-state index in [1.807, 2.05) is 13.8 Å². The van der Waals surface area contributed by atoms with E-state index in [1.54, 1.807) is 6.08 Å². The largest absolute Gasteiger partial charge is 0.328 e. The van der Waals surface area contributed by atoms with Crippen LogP contribution in [0.5, 0.6) is 0 Å². The van der Waals surface area contributed by atoms with Gasteiger partial charge in [-0.05, 0) is 18.8 Å². The van der Waals surface area contributed by atoms with Crippen LogP contribution in [0.1, 0.15) is 33.1 Å². The first-order valence-corrected chi connectivity index (χ1v) is 5.47. The molecular weight excluding hydrogens is 208 g/mol. The fraction of sp³-hybridized carbons (Fsp3) is 0.545. The second-order valence-corrected chi connectivity index (χ2v) is 3.77. The number of carbonyl (C=O) groups excluding carboxylic acids is 3. The first-order valence-electron chi connectivity index (χ1n) is 5.47. The molecule has 0 aromatic heterocycles. The number of hydrogen-bond donors (Lipinski definition) is 2. The number of amides is 4. The van der Waals surface area contributed by atoms with Gasteiger partial charge in [-0.25, -0.2) is 4.79 Å². The van der Waals surface area contributed by atoms with Crippen LogP contribution in [0.3, 0.4) is 0 Å². The van der Waals surface area contributed by atoms with Crippen molar-refractivity contribution in [2.45, 2.75) is 33.1 Å². The van der Waals surface area contributed by atoms with Gasteiger partial charge in [0.25, 0.3) is 11.8 Å². The minimum absolute atomic E-state index is 0.0416. The smallest absolute Gasteiger partial charge is 0.273 e. The Labute approximate surface area is 94.3 Å². The van der Waals surface area contributed by atoms with E-state index < -0.39 is 17.8 Å². The van der Waals surface area contributed by atoms with E-state index in [0.717, 1.165) is 19.3 Å². The minimum Gasteiger partial charge on any atom is -0.273 e. The second kappa shape index (κ2) is 5.44. The first-order chi connectivity index (χ1) is 7.58. The van der Waals surface area contributed by atoms with Gasteiger partial charge in [0.05, 0.1) is 0 Å². The zero-order chi connectivity index (χ0) is 12.1. The van der Waals surface area contributed by atoms with Gasteiger partial charge < -0.3 is 0 Å². The molecule has 1 atom stereocenters. The molecule has 1 aliphatic heterocycles. The predicted octanol–water partition coefficient (Wildman–Crippen LogP) is 1.11. The highest BCUT2D eigenvalue weighted by molar-refractivity contribution is 6.28. The summed E-state index contributed by atoms with van der Waals surface area (Å²) in [6, 6.07) is -0.754. The molecular formula is C11H16N2O3. The van der Waals surface area contributed by atoms with Crippen LogP contribution in [0, 0.1) is 5.92 Å². The number of urea groups is 1. The van der Waals surface area contributed by atoms with Crippen LogP contribution in [0.4, 0.5) is 4.79 Å². The molecule has 5 nitrogen and oxygen atoms in total. The molecule has 0 aromatic carbocycles. The van der Waals surface area contributed by atoms with Gasteiger partial charge >= 0.3 is 6.03 Å². The van der Waals surface area contributed by atoms with Crippen molar-refractivity contribution in [2.75, 3.05) is 0 Å². The van der Waals surface area contributed by atoms with Gasteiger partial charge in [-0.3, -0.25) is 20.2 Å². The Kier molecular flexibility index (Phi) is 4.22. The van der Waals surface area contributed by atoms with Gasteiger partial charge in [-0.2, -0.15) is 0 Å². The van der Waals surface area contributed by atoms with Gasteiger partial charge in [-0.1, -0.05) is 26.3 Å². The van der Waals surface area contributed by atoms with Crippen molar-refractivity contribution in [3.05, 3.63) is 11.6 Å². The number of nitrogens with one attached hydrogen (secondary N) is 2. The highest BCUT2D eigenvalue weighted by Crippen LogP contribution is 2.15. The molecule has 1 unspecified atom stereocenters. The van der Waals surface area contributed by atoms with E-state index in [2.05, 4.69) is 10.6 Å². The lowest BCUT2D eigenvalue weighted by Gasteiger charge is -2.16. The van der Waals surface area contributed by atoms with Crippen molar-refractivity contribution in [1.82, 2.24) is 10.6 Å². The van der Waals surface area contributed by atoms with Crippen LogP contribution in [-0.2, 0) is 9.59 Å². The number of barbiturate groups is 1. The third-order valence-electron chi connectivity index (χ3n) is 2.53. The summed E-state index contributed by atoms with van der Waals surface area (Å²) >= 11 is 0. The fourth-order valence-electron chi connectivity index (χ4n) is 1.64. The van der Waals surface area contributed by atoms with Gasteiger partial charge in [0.2, 0.25) is 0 Å². The summed E-state index contributed by atoms with van der Waals surface area (Å²) in [6.07, 6.45) is 4.44. The van der Waals surface area contributed by atoms with Crippen molar-refractivity contribution in [3.8, 4) is 0 Å². The first kappa shape index (κ1) is 12.4. The zero-order valence-electron chi connectivity index (χ0n) is 9.50. The van der Waals surface area contributed by atoms with Crippen LogP contribution < -0.4 is 10.6 Å². The standard InChI is InChI=1S/C11H16N2O3/c1-3-5-7(4-2)6-8-9(14)12-11(16)13-10(8)15/h6-7H,3-5H2,1-2H3,(H2,12,13,14,15,16). The van der Waals surface area contributed by atoms with Gasteiger partial charge in [0.15, 0.2) is 0 Å². The number of carbonyl (C=O) groups is 3. The molecule has 0 aliphatic carbocycles. The maximum Gasteiger partial charge on any atom is 0.328 e. The Bertz CT molecular complexity index is 325. The molecule has 1 aliphatic rings. The fourth-order valence-corrected chi connectivity index (χ4v) is 1.64. The van der Waals surface area contributed by atoms with Crippen molar-refractivity contribution >= 4 is 17.8 Å². The maximum atomic E-state index is 11.4. The third-order valence-corrected chi connectivity index (χ3v) is 2.53. The van der Waals surface area contributed by atoms with Crippen molar-refractivity contribution in [2.24, 2.45) is 5.92 Å². The SMILES string of the molecule is CCCC(C=C1C(=O)NC(=O)NC1=O)CC. The molecule has 16 heavy (non-hydrogen) atoms. The van der Waals surface area contributed by atoms with E-state index >= 15 is 0 Å². The molecule has 5 heteroatoms. The Morgan fingerprint density at radius 1 is 1.12 bits per heavy atom. The summed E-state index contributed by atoms with van der Waals surface area (Å²) < 4.78 is 0. The van der Waals surface area contributed by atoms with Gasteiger partial charge in [0.1, 0.15) is 5.57 Å². The Morgan fingerprint density at radius 2 is 1.69 bits per heavy atom. The highest BCUT2D eigenvalue weighted by Gasteiger charge is 2.28. The molecule has 4 amide bonds. The molecule has 0 aromatic rings. The average molecular weight is 224 g/mol. The van der Waals surface area contributed by atoms with Crippen LogP contribution in [0.2, 0.25) is 0 Å². The van der Waals surface area contributed by atoms with Crippen LogP contribution >= 0.6 is 0 Å². The Morgan fingerprint density at radius 3 is 2.12 bits per heavy atom. The monoisotopic (exact) mass is 224 g/mol.